The molecular weight excluding hydrogens is 354 g/mol. The number of hydrogen-bond acceptors (Lipinski definition) is 6. The van der Waals surface area contributed by atoms with Gasteiger partial charge in [-0.15, -0.1) is 0 Å². The van der Waals surface area contributed by atoms with Gasteiger partial charge in [-0.25, -0.2) is 4.79 Å². The lowest BCUT2D eigenvalue weighted by Gasteiger charge is -2.43. The molecule has 28 heavy (non-hydrogen) atoms. The van der Waals surface area contributed by atoms with Gasteiger partial charge in [-0.05, 0) is 31.5 Å². The Morgan fingerprint density at radius 1 is 1.11 bits per heavy atom. The van der Waals surface area contributed by atoms with Gasteiger partial charge in [0, 0.05) is 31.7 Å². The standard InChI is InChI=1S/C22H25N3O3/c1-15-12-24(14-17-8-5-4-6-9-17)13-16(2)25(15)22-23-20-18(21(26)27-3)10-7-11-19(20)28-22/h4-11,15-16H,12-14H2,1-3H3/t15-,16-/m0/s1. The van der Waals surface area contributed by atoms with Crippen LogP contribution in [0.2, 0.25) is 0 Å². The number of fused-ring (bicyclic) bond motifs is 1. The number of carbonyl (C=O) groups is 1. The molecule has 6 heteroatoms. The van der Waals surface area contributed by atoms with Crippen molar-refractivity contribution >= 4 is 23.1 Å². The van der Waals surface area contributed by atoms with Gasteiger partial charge in [0.2, 0.25) is 0 Å². The third kappa shape index (κ3) is 3.47. The SMILES string of the molecule is COC(=O)c1cccc2oc(N3[C@@H](C)CN(Cc4ccccc4)C[C@@H]3C)nc12. The lowest BCUT2D eigenvalue weighted by Crippen LogP contribution is -2.56. The molecule has 1 aliphatic rings. The van der Waals surface area contributed by atoms with E-state index in [1.54, 1.807) is 12.1 Å². The number of rotatable bonds is 4. The zero-order valence-corrected chi connectivity index (χ0v) is 16.5. The van der Waals surface area contributed by atoms with Crippen molar-refractivity contribution < 1.29 is 13.9 Å². The molecule has 1 saturated heterocycles. The quantitative estimate of drug-likeness (QED) is 0.644. The van der Waals surface area contributed by atoms with Crippen molar-refractivity contribution in [2.24, 2.45) is 0 Å². The van der Waals surface area contributed by atoms with Crippen molar-refractivity contribution in [2.45, 2.75) is 32.5 Å². The minimum absolute atomic E-state index is 0.238. The van der Waals surface area contributed by atoms with Crippen molar-refractivity contribution in [3.63, 3.8) is 0 Å². The highest BCUT2D eigenvalue weighted by Gasteiger charge is 2.33. The van der Waals surface area contributed by atoms with Gasteiger partial charge in [-0.2, -0.15) is 4.98 Å². The molecule has 2 atom stereocenters. The van der Waals surface area contributed by atoms with E-state index in [1.807, 2.05) is 12.1 Å². The molecule has 2 heterocycles. The molecule has 146 valence electrons. The fourth-order valence-corrected chi connectivity index (χ4v) is 4.10. The van der Waals surface area contributed by atoms with Gasteiger partial charge in [0.1, 0.15) is 5.52 Å². The maximum Gasteiger partial charge on any atom is 0.340 e. The summed E-state index contributed by atoms with van der Waals surface area (Å²) in [5, 5.41) is 0. The van der Waals surface area contributed by atoms with Crippen LogP contribution in [-0.2, 0) is 11.3 Å². The van der Waals surface area contributed by atoms with E-state index in [0.29, 0.717) is 22.7 Å². The predicted molar refractivity (Wildman–Crippen MR) is 108 cm³/mol. The largest absolute Gasteiger partial charge is 0.465 e. The maximum absolute atomic E-state index is 12.0. The van der Waals surface area contributed by atoms with Crippen LogP contribution in [-0.4, -0.2) is 48.1 Å². The second kappa shape index (κ2) is 7.64. The third-order valence-electron chi connectivity index (χ3n) is 5.28. The van der Waals surface area contributed by atoms with Crippen LogP contribution in [0.5, 0.6) is 0 Å². The number of aromatic nitrogens is 1. The Labute approximate surface area is 164 Å². The summed E-state index contributed by atoms with van der Waals surface area (Å²) < 4.78 is 10.9. The second-order valence-electron chi connectivity index (χ2n) is 7.43. The zero-order valence-electron chi connectivity index (χ0n) is 16.5. The molecule has 1 aromatic heterocycles. The number of hydrogen-bond donors (Lipinski definition) is 0. The van der Waals surface area contributed by atoms with Crippen molar-refractivity contribution in [3.8, 4) is 0 Å². The topological polar surface area (TPSA) is 58.8 Å². The molecule has 0 bridgehead atoms. The van der Waals surface area contributed by atoms with Crippen molar-refractivity contribution in [1.82, 2.24) is 9.88 Å². The zero-order chi connectivity index (χ0) is 19.7. The third-order valence-corrected chi connectivity index (χ3v) is 5.28. The van der Waals surface area contributed by atoms with Gasteiger partial charge < -0.3 is 14.1 Å². The van der Waals surface area contributed by atoms with Gasteiger partial charge in [0.15, 0.2) is 5.58 Å². The first-order chi connectivity index (χ1) is 13.6. The van der Waals surface area contributed by atoms with Crippen LogP contribution in [0.4, 0.5) is 6.01 Å². The van der Waals surface area contributed by atoms with Gasteiger partial charge in [0.05, 0.1) is 12.7 Å². The Hall–Kier alpha value is -2.86. The summed E-state index contributed by atoms with van der Waals surface area (Å²) in [7, 11) is 1.37. The first-order valence-corrected chi connectivity index (χ1v) is 9.59. The number of nitrogens with zero attached hydrogens (tertiary/aromatic N) is 3. The number of para-hydroxylation sites is 1. The first-order valence-electron chi connectivity index (χ1n) is 9.59. The fourth-order valence-electron chi connectivity index (χ4n) is 4.10. The van der Waals surface area contributed by atoms with E-state index in [2.05, 4.69) is 52.9 Å². The summed E-state index contributed by atoms with van der Waals surface area (Å²) in [5.74, 6) is -0.403. The number of benzene rings is 2. The molecule has 0 spiro atoms. The van der Waals surface area contributed by atoms with Gasteiger partial charge in [0.25, 0.3) is 6.01 Å². The summed E-state index contributed by atoms with van der Waals surface area (Å²) in [4.78, 5) is 21.4. The average Bonchev–Trinajstić information content (AvgIpc) is 3.11. The summed E-state index contributed by atoms with van der Waals surface area (Å²) in [6.07, 6.45) is 0. The van der Waals surface area contributed by atoms with Crippen molar-refractivity contribution in [2.75, 3.05) is 25.1 Å². The van der Waals surface area contributed by atoms with Gasteiger partial charge in [-0.1, -0.05) is 36.4 Å². The number of anilines is 1. The van der Waals surface area contributed by atoms with Gasteiger partial charge >= 0.3 is 5.97 Å². The molecule has 0 N–H and O–H groups in total. The van der Waals surface area contributed by atoms with E-state index >= 15 is 0 Å². The number of piperazine rings is 1. The van der Waals surface area contributed by atoms with Crippen LogP contribution in [0, 0.1) is 0 Å². The van der Waals surface area contributed by atoms with E-state index < -0.39 is 5.97 Å². The first kappa shape index (κ1) is 18.5. The Kier molecular flexibility index (Phi) is 5.05. The molecular formula is C22H25N3O3. The van der Waals surface area contributed by atoms with E-state index in [4.69, 9.17) is 9.15 Å². The molecule has 0 unspecified atom stereocenters. The number of carbonyl (C=O) groups excluding carboxylic acids is 1. The lowest BCUT2D eigenvalue weighted by atomic mass is 10.1. The number of oxazole rings is 1. The molecule has 3 aromatic rings. The summed E-state index contributed by atoms with van der Waals surface area (Å²) in [6, 6.07) is 16.9. The molecule has 0 radical (unpaired) electrons. The number of methoxy groups -OCH3 is 1. The molecule has 6 nitrogen and oxygen atoms in total. The Balaban J connectivity index is 1.57. The summed E-state index contributed by atoms with van der Waals surface area (Å²) in [6.45, 7) is 7.14. The van der Waals surface area contributed by atoms with Crippen LogP contribution in [0.15, 0.2) is 52.9 Å². The fraction of sp³-hybridized carbons (Fsp3) is 0.364. The summed E-state index contributed by atoms with van der Waals surface area (Å²) >= 11 is 0. The second-order valence-corrected chi connectivity index (χ2v) is 7.43. The molecule has 0 aliphatic carbocycles. The molecule has 2 aromatic carbocycles. The molecule has 1 fully saturated rings. The molecule has 4 rings (SSSR count). The van der Waals surface area contributed by atoms with Crippen molar-refractivity contribution in [1.29, 1.82) is 0 Å². The molecule has 0 saturated carbocycles. The Morgan fingerprint density at radius 2 is 1.82 bits per heavy atom. The Bertz CT molecular complexity index is 958. The lowest BCUT2D eigenvalue weighted by molar-refractivity contribution is 0.0602. The van der Waals surface area contributed by atoms with Crippen LogP contribution in [0.1, 0.15) is 29.8 Å². The number of esters is 1. The monoisotopic (exact) mass is 379 g/mol. The minimum Gasteiger partial charge on any atom is -0.465 e. The highest BCUT2D eigenvalue weighted by Crippen LogP contribution is 2.30. The maximum atomic E-state index is 12.0. The minimum atomic E-state index is -0.403. The van der Waals surface area contributed by atoms with Gasteiger partial charge in [-0.3, -0.25) is 4.90 Å². The van der Waals surface area contributed by atoms with Crippen LogP contribution < -0.4 is 4.90 Å². The molecule has 0 amide bonds. The average molecular weight is 379 g/mol. The van der Waals surface area contributed by atoms with E-state index in [-0.39, 0.29) is 12.1 Å². The highest BCUT2D eigenvalue weighted by atomic mass is 16.5. The van der Waals surface area contributed by atoms with Crippen LogP contribution >= 0.6 is 0 Å². The normalized spacial score (nSPS) is 20.5. The Morgan fingerprint density at radius 3 is 2.50 bits per heavy atom. The van der Waals surface area contributed by atoms with E-state index in [0.717, 1.165) is 19.6 Å². The van der Waals surface area contributed by atoms with E-state index in [9.17, 15) is 4.79 Å². The molecule has 1 aliphatic heterocycles. The predicted octanol–water partition coefficient (Wildman–Crippen LogP) is 3.71. The smallest absolute Gasteiger partial charge is 0.340 e. The van der Waals surface area contributed by atoms with Crippen LogP contribution in [0.25, 0.3) is 11.1 Å². The number of ether oxygens (including phenoxy) is 1. The van der Waals surface area contributed by atoms with E-state index in [1.165, 1.54) is 12.7 Å². The van der Waals surface area contributed by atoms with Crippen LogP contribution in [0.3, 0.4) is 0 Å². The summed E-state index contributed by atoms with van der Waals surface area (Å²) in [5.41, 5.74) is 2.90. The highest BCUT2D eigenvalue weighted by molar-refractivity contribution is 6.01. The van der Waals surface area contributed by atoms with Crippen molar-refractivity contribution in [3.05, 3.63) is 59.7 Å².